The predicted molar refractivity (Wildman–Crippen MR) is 62.0 cm³/mol. The standard InChI is InChI=1S/C11H12N2O2S/c1-2-8-6-12-10(16-8)7-13-5-3-4-9(13)11(14)15/h3-6H,2,7H2,1H3,(H,14,15). The highest BCUT2D eigenvalue weighted by Gasteiger charge is 2.10. The number of hydrogen-bond acceptors (Lipinski definition) is 3. The fourth-order valence-corrected chi connectivity index (χ4v) is 2.34. The molecular weight excluding hydrogens is 224 g/mol. The van der Waals surface area contributed by atoms with Crippen molar-refractivity contribution in [1.29, 1.82) is 0 Å². The molecule has 0 amide bonds. The van der Waals surface area contributed by atoms with Crippen LogP contribution in [-0.2, 0) is 13.0 Å². The van der Waals surface area contributed by atoms with E-state index in [1.54, 1.807) is 34.2 Å². The zero-order chi connectivity index (χ0) is 11.5. The van der Waals surface area contributed by atoms with Gasteiger partial charge >= 0.3 is 5.97 Å². The minimum Gasteiger partial charge on any atom is -0.477 e. The first-order valence-electron chi connectivity index (χ1n) is 5.02. The SMILES string of the molecule is CCc1cnc(Cn2cccc2C(=O)O)s1. The molecule has 84 valence electrons. The first-order valence-corrected chi connectivity index (χ1v) is 5.84. The molecule has 2 aromatic heterocycles. The molecule has 2 aromatic rings. The lowest BCUT2D eigenvalue weighted by molar-refractivity contribution is 0.0685. The fraction of sp³-hybridized carbons (Fsp3) is 0.273. The van der Waals surface area contributed by atoms with E-state index < -0.39 is 5.97 Å². The third-order valence-electron chi connectivity index (χ3n) is 2.30. The normalized spacial score (nSPS) is 10.6. The number of thiazole rings is 1. The van der Waals surface area contributed by atoms with Gasteiger partial charge in [0.1, 0.15) is 10.7 Å². The smallest absolute Gasteiger partial charge is 0.352 e. The number of aromatic nitrogens is 2. The van der Waals surface area contributed by atoms with Crippen LogP contribution in [0.3, 0.4) is 0 Å². The molecule has 0 saturated carbocycles. The van der Waals surface area contributed by atoms with Gasteiger partial charge in [0, 0.05) is 17.3 Å². The number of nitrogens with zero attached hydrogens (tertiary/aromatic N) is 2. The van der Waals surface area contributed by atoms with Gasteiger partial charge in [-0.25, -0.2) is 9.78 Å². The molecule has 1 N–H and O–H groups in total. The van der Waals surface area contributed by atoms with Crippen molar-refractivity contribution in [3.8, 4) is 0 Å². The fourth-order valence-electron chi connectivity index (χ4n) is 1.48. The quantitative estimate of drug-likeness (QED) is 0.885. The lowest BCUT2D eigenvalue weighted by Gasteiger charge is -2.02. The Kier molecular flexibility index (Phi) is 3.05. The second-order valence-corrected chi connectivity index (χ2v) is 4.60. The van der Waals surface area contributed by atoms with E-state index in [-0.39, 0.29) is 0 Å². The molecule has 2 rings (SSSR count). The van der Waals surface area contributed by atoms with E-state index in [0.29, 0.717) is 12.2 Å². The van der Waals surface area contributed by atoms with Crippen LogP contribution in [0.4, 0.5) is 0 Å². The van der Waals surface area contributed by atoms with Crippen molar-refractivity contribution in [3.63, 3.8) is 0 Å². The molecule has 0 bridgehead atoms. The topological polar surface area (TPSA) is 55.1 Å². The van der Waals surface area contributed by atoms with Crippen molar-refractivity contribution in [2.75, 3.05) is 0 Å². The Balaban J connectivity index is 2.20. The number of aromatic carboxylic acids is 1. The van der Waals surface area contributed by atoms with Crippen molar-refractivity contribution in [1.82, 2.24) is 9.55 Å². The Labute approximate surface area is 97.2 Å². The zero-order valence-corrected chi connectivity index (χ0v) is 9.70. The Morgan fingerprint density at radius 2 is 2.44 bits per heavy atom. The molecule has 0 aromatic carbocycles. The number of hydrogen-bond donors (Lipinski definition) is 1. The van der Waals surface area contributed by atoms with Crippen LogP contribution >= 0.6 is 11.3 Å². The highest BCUT2D eigenvalue weighted by molar-refractivity contribution is 7.11. The summed E-state index contributed by atoms with van der Waals surface area (Å²) in [4.78, 5) is 16.4. The van der Waals surface area contributed by atoms with Crippen LogP contribution in [0.5, 0.6) is 0 Å². The van der Waals surface area contributed by atoms with Gasteiger partial charge in [0.25, 0.3) is 0 Å². The maximum atomic E-state index is 10.9. The average Bonchev–Trinajstić information content (AvgIpc) is 2.87. The van der Waals surface area contributed by atoms with Gasteiger partial charge in [-0.05, 0) is 18.6 Å². The van der Waals surface area contributed by atoms with E-state index in [2.05, 4.69) is 11.9 Å². The van der Waals surface area contributed by atoms with Crippen LogP contribution in [0.2, 0.25) is 0 Å². The molecule has 0 aliphatic rings. The van der Waals surface area contributed by atoms with Gasteiger partial charge in [-0.15, -0.1) is 11.3 Å². The molecule has 0 atom stereocenters. The third kappa shape index (κ3) is 2.14. The Bertz CT molecular complexity index is 502. The highest BCUT2D eigenvalue weighted by atomic mass is 32.1. The van der Waals surface area contributed by atoms with Crippen LogP contribution in [0.25, 0.3) is 0 Å². The van der Waals surface area contributed by atoms with Gasteiger partial charge in [0.05, 0.1) is 6.54 Å². The van der Waals surface area contributed by atoms with Crippen molar-refractivity contribution in [2.45, 2.75) is 19.9 Å². The minimum atomic E-state index is -0.905. The Morgan fingerprint density at radius 3 is 3.06 bits per heavy atom. The average molecular weight is 236 g/mol. The van der Waals surface area contributed by atoms with Crippen molar-refractivity contribution in [3.05, 3.63) is 40.1 Å². The largest absolute Gasteiger partial charge is 0.477 e. The summed E-state index contributed by atoms with van der Waals surface area (Å²) < 4.78 is 1.70. The van der Waals surface area contributed by atoms with Crippen LogP contribution in [-0.4, -0.2) is 20.6 Å². The molecule has 0 spiro atoms. The third-order valence-corrected chi connectivity index (χ3v) is 3.43. The number of aryl methyl sites for hydroxylation is 1. The molecule has 16 heavy (non-hydrogen) atoms. The second-order valence-electron chi connectivity index (χ2n) is 3.40. The lowest BCUT2D eigenvalue weighted by Crippen LogP contribution is -2.08. The summed E-state index contributed by atoms with van der Waals surface area (Å²) in [6.07, 6.45) is 4.58. The molecule has 0 saturated heterocycles. The minimum absolute atomic E-state index is 0.299. The van der Waals surface area contributed by atoms with Crippen LogP contribution in [0.1, 0.15) is 27.3 Å². The van der Waals surface area contributed by atoms with Crippen LogP contribution < -0.4 is 0 Å². The van der Waals surface area contributed by atoms with E-state index >= 15 is 0 Å². The van der Waals surface area contributed by atoms with Gasteiger partial charge < -0.3 is 9.67 Å². The number of carbonyl (C=O) groups is 1. The first-order chi connectivity index (χ1) is 7.70. The van der Waals surface area contributed by atoms with E-state index in [9.17, 15) is 4.79 Å². The summed E-state index contributed by atoms with van der Waals surface area (Å²) >= 11 is 1.63. The molecular formula is C11H12N2O2S. The molecule has 0 radical (unpaired) electrons. The Hall–Kier alpha value is -1.62. The van der Waals surface area contributed by atoms with E-state index in [4.69, 9.17) is 5.11 Å². The van der Waals surface area contributed by atoms with Gasteiger partial charge in [0.15, 0.2) is 0 Å². The molecule has 0 aliphatic heterocycles. The molecule has 4 nitrogen and oxygen atoms in total. The lowest BCUT2D eigenvalue weighted by atomic mass is 10.4. The summed E-state index contributed by atoms with van der Waals surface area (Å²) in [7, 11) is 0. The molecule has 2 heterocycles. The molecule has 0 unspecified atom stereocenters. The van der Waals surface area contributed by atoms with E-state index in [1.807, 2.05) is 6.20 Å². The summed E-state index contributed by atoms with van der Waals surface area (Å²) in [6, 6.07) is 3.33. The van der Waals surface area contributed by atoms with Crippen molar-refractivity contribution < 1.29 is 9.90 Å². The van der Waals surface area contributed by atoms with Gasteiger partial charge in [-0.3, -0.25) is 0 Å². The number of carboxylic acids is 1. The summed E-state index contributed by atoms with van der Waals surface area (Å²) in [5.41, 5.74) is 0.299. The highest BCUT2D eigenvalue weighted by Crippen LogP contribution is 2.15. The zero-order valence-electron chi connectivity index (χ0n) is 8.88. The maximum absolute atomic E-state index is 10.9. The summed E-state index contributed by atoms with van der Waals surface area (Å²) in [5, 5.41) is 9.89. The van der Waals surface area contributed by atoms with E-state index in [0.717, 1.165) is 11.4 Å². The summed E-state index contributed by atoms with van der Waals surface area (Å²) in [6.45, 7) is 2.61. The second kappa shape index (κ2) is 4.49. The van der Waals surface area contributed by atoms with Crippen molar-refractivity contribution >= 4 is 17.3 Å². The monoisotopic (exact) mass is 236 g/mol. The van der Waals surface area contributed by atoms with Crippen LogP contribution in [0, 0.1) is 0 Å². The summed E-state index contributed by atoms with van der Waals surface area (Å²) in [5.74, 6) is -0.905. The number of rotatable bonds is 4. The van der Waals surface area contributed by atoms with Gasteiger partial charge in [-0.1, -0.05) is 6.92 Å². The van der Waals surface area contributed by atoms with Gasteiger partial charge in [-0.2, -0.15) is 0 Å². The number of carboxylic acid groups (broad SMARTS) is 1. The van der Waals surface area contributed by atoms with Gasteiger partial charge in [0.2, 0.25) is 0 Å². The van der Waals surface area contributed by atoms with E-state index in [1.165, 1.54) is 4.88 Å². The van der Waals surface area contributed by atoms with Crippen LogP contribution in [0.15, 0.2) is 24.5 Å². The Morgan fingerprint density at radius 1 is 1.62 bits per heavy atom. The molecule has 0 fully saturated rings. The maximum Gasteiger partial charge on any atom is 0.352 e. The predicted octanol–water partition coefficient (Wildman–Crippen LogP) is 2.25. The molecule has 0 aliphatic carbocycles. The van der Waals surface area contributed by atoms with Crippen molar-refractivity contribution in [2.24, 2.45) is 0 Å². The molecule has 5 heteroatoms. The first kappa shape index (κ1) is 10.9.